The molecule has 2 fully saturated rings. The molecule has 2 aliphatic heterocycles. The van der Waals surface area contributed by atoms with Crippen LogP contribution in [-0.4, -0.2) is 46.6 Å². The number of hydrogen-bond donors (Lipinski definition) is 1. The van der Waals surface area contributed by atoms with Crippen molar-refractivity contribution in [3.8, 4) is 5.75 Å². The van der Waals surface area contributed by atoms with Crippen molar-refractivity contribution in [1.82, 2.24) is 9.61 Å². The molecular formula is C22H22FN3O4. The number of rotatable bonds is 5. The first-order valence-electron chi connectivity index (χ1n) is 10.1. The summed E-state index contributed by atoms with van der Waals surface area (Å²) < 4.78 is 27.3. The molecule has 0 bridgehead atoms. The van der Waals surface area contributed by atoms with E-state index in [2.05, 4.69) is 10.00 Å². The van der Waals surface area contributed by atoms with Crippen LogP contribution in [0.3, 0.4) is 0 Å². The predicted molar refractivity (Wildman–Crippen MR) is 108 cm³/mol. The normalized spacial score (nSPS) is 21.4. The van der Waals surface area contributed by atoms with Crippen LogP contribution in [0, 0.1) is 5.82 Å². The molecule has 0 aliphatic carbocycles. The number of nitrogens with zero attached hydrogens (tertiary/aromatic N) is 3. The first-order chi connectivity index (χ1) is 14.6. The second-order valence-corrected chi connectivity index (χ2v) is 7.72. The van der Waals surface area contributed by atoms with Crippen LogP contribution in [0.1, 0.15) is 41.2 Å². The zero-order valence-corrected chi connectivity index (χ0v) is 16.3. The number of anilines is 1. The number of carboxylic acids is 1. The molecule has 4 heterocycles. The van der Waals surface area contributed by atoms with E-state index in [1.165, 1.54) is 12.3 Å². The van der Waals surface area contributed by atoms with Gasteiger partial charge in [-0.3, -0.25) is 0 Å². The number of ether oxygens (including phenoxy) is 2. The molecule has 1 N–H and O–H groups in total. The fraction of sp³-hybridized carbons (Fsp3) is 0.364. The lowest BCUT2D eigenvalue weighted by Gasteiger charge is -2.29. The number of carbonyl (C=O) groups is 1. The average molecular weight is 411 g/mol. The number of halogens is 1. The lowest BCUT2D eigenvalue weighted by molar-refractivity contribution is 0.0699. The van der Waals surface area contributed by atoms with Crippen molar-refractivity contribution in [2.24, 2.45) is 0 Å². The van der Waals surface area contributed by atoms with E-state index in [4.69, 9.17) is 9.47 Å². The van der Waals surface area contributed by atoms with Gasteiger partial charge in [-0.2, -0.15) is 5.10 Å². The minimum absolute atomic E-state index is 0.0228. The summed E-state index contributed by atoms with van der Waals surface area (Å²) in [4.78, 5) is 13.7. The van der Waals surface area contributed by atoms with Crippen LogP contribution >= 0.6 is 0 Å². The van der Waals surface area contributed by atoms with E-state index in [0.717, 1.165) is 37.1 Å². The smallest absolute Gasteiger partial charge is 0.339 e. The molecule has 2 aromatic heterocycles. The lowest BCUT2D eigenvalue weighted by Crippen LogP contribution is -2.24. The zero-order chi connectivity index (χ0) is 20.7. The van der Waals surface area contributed by atoms with E-state index in [1.807, 2.05) is 12.1 Å². The van der Waals surface area contributed by atoms with E-state index in [-0.39, 0.29) is 23.5 Å². The first-order valence-corrected chi connectivity index (χ1v) is 10.1. The Labute approximate surface area is 172 Å². The summed E-state index contributed by atoms with van der Waals surface area (Å²) in [6.07, 6.45) is 5.71. The van der Waals surface area contributed by atoms with Crippen molar-refractivity contribution in [3.05, 3.63) is 59.7 Å². The summed E-state index contributed by atoms with van der Waals surface area (Å²) in [5, 5.41) is 13.5. The van der Waals surface area contributed by atoms with Gasteiger partial charge in [-0.1, -0.05) is 0 Å². The summed E-state index contributed by atoms with van der Waals surface area (Å²) in [5.74, 6) is -0.633. The molecule has 30 heavy (non-hydrogen) atoms. The van der Waals surface area contributed by atoms with Crippen molar-refractivity contribution in [2.75, 3.05) is 24.7 Å². The maximum Gasteiger partial charge on any atom is 0.339 e. The molecule has 3 aromatic rings. The Hall–Kier alpha value is -3.13. The Bertz CT molecular complexity index is 1090. The van der Waals surface area contributed by atoms with Gasteiger partial charge in [0.1, 0.15) is 23.2 Å². The number of hydrogen-bond acceptors (Lipinski definition) is 5. The van der Waals surface area contributed by atoms with Gasteiger partial charge in [-0.25, -0.2) is 13.7 Å². The molecule has 7 nitrogen and oxygen atoms in total. The van der Waals surface area contributed by atoms with E-state index in [1.54, 1.807) is 22.8 Å². The largest absolute Gasteiger partial charge is 0.488 e. The van der Waals surface area contributed by atoms with Gasteiger partial charge in [0.25, 0.3) is 0 Å². The maximum absolute atomic E-state index is 14.2. The SMILES string of the molecule is O=C(O)c1cnn2ccc(N3CCC[C@@H]3c3cc(F)ccc3OC3CCOC3)cc12. The van der Waals surface area contributed by atoms with Gasteiger partial charge in [0.15, 0.2) is 0 Å². The van der Waals surface area contributed by atoms with Crippen molar-refractivity contribution in [3.63, 3.8) is 0 Å². The van der Waals surface area contributed by atoms with Crippen molar-refractivity contribution >= 4 is 17.2 Å². The Morgan fingerprint density at radius 2 is 2.17 bits per heavy atom. The number of fused-ring (bicyclic) bond motifs is 1. The average Bonchev–Trinajstić information content (AvgIpc) is 3.49. The molecule has 0 radical (unpaired) electrons. The minimum Gasteiger partial charge on any atom is -0.488 e. The second kappa shape index (κ2) is 7.60. The summed E-state index contributed by atoms with van der Waals surface area (Å²) in [5.41, 5.74) is 2.38. The van der Waals surface area contributed by atoms with Gasteiger partial charge in [-0.15, -0.1) is 0 Å². The molecule has 5 rings (SSSR count). The van der Waals surface area contributed by atoms with Crippen LogP contribution in [0.25, 0.3) is 5.52 Å². The van der Waals surface area contributed by atoms with Crippen LogP contribution in [-0.2, 0) is 4.74 Å². The van der Waals surface area contributed by atoms with Gasteiger partial charge in [0, 0.05) is 30.4 Å². The summed E-state index contributed by atoms with van der Waals surface area (Å²) in [6, 6.07) is 8.35. The molecule has 2 atom stereocenters. The molecule has 0 saturated carbocycles. The highest BCUT2D eigenvalue weighted by molar-refractivity contribution is 5.95. The number of aromatic carboxylic acids is 1. The fourth-order valence-corrected chi connectivity index (χ4v) is 4.38. The third-order valence-electron chi connectivity index (χ3n) is 5.83. The van der Waals surface area contributed by atoms with Gasteiger partial charge >= 0.3 is 5.97 Å². The summed E-state index contributed by atoms with van der Waals surface area (Å²) in [7, 11) is 0. The summed E-state index contributed by atoms with van der Waals surface area (Å²) >= 11 is 0. The highest BCUT2D eigenvalue weighted by atomic mass is 19.1. The van der Waals surface area contributed by atoms with Gasteiger partial charge in [0.2, 0.25) is 0 Å². The zero-order valence-electron chi connectivity index (χ0n) is 16.3. The number of pyridine rings is 1. The molecule has 2 aliphatic rings. The van der Waals surface area contributed by atoms with E-state index >= 15 is 0 Å². The van der Waals surface area contributed by atoms with E-state index < -0.39 is 5.97 Å². The molecule has 2 saturated heterocycles. The molecule has 1 unspecified atom stereocenters. The highest BCUT2D eigenvalue weighted by Gasteiger charge is 2.31. The summed E-state index contributed by atoms with van der Waals surface area (Å²) in [6.45, 7) is 2.01. The van der Waals surface area contributed by atoms with Crippen molar-refractivity contribution < 1.29 is 23.8 Å². The molecule has 8 heteroatoms. The molecule has 1 aromatic carbocycles. The lowest BCUT2D eigenvalue weighted by atomic mass is 10.0. The minimum atomic E-state index is -1.01. The Morgan fingerprint density at radius 1 is 1.27 bits per heavy atom. The van der Waals surface area contributed by atoms with Crippen molar-refractivity contribution in [1.29, 1.82) is 0 Å². The highest BCUT2D eigenvalue weighted by Crippen LogP contribution is 2.41. The monoisotopic (exact) mass is 411 g/mol. The second-order valence-electron chi connectivity index (χ2n) is 7.72. The van der Waals surface area contributed by atoms with Crippen LogP contribution in [0.5, 0.6) is 5.75 Å². The Kier molecular flexibility index (Phi) is 4.78. The Balaban J connectivity index is 1.51. The van der Waals surface area contributed by atoms with E-state index in [0.29, 0.717) is 24.5 Å². The van der Waals surface area contributed by atoms with Crippen molar-refractivity contribution in [2.45, 2.75) is 31.4 Å². The Morgan fingerprint density at radius 3 is 2.97 bits per heavy atom. The fourth-order valence-electron chi connectivity index (χ4n) is 4.38. The number of aromatic nitrogens is 2. The van der Waals surface area contributed by atoms with Gasteiger partial charge in [0.05, 0.1) is 31.0 Å². The quantitative estimate of drug-likeness (QED) is 0.690. The maximum atomic E-state index is 14.2. The topological polar surface area (TPSA) is 76.3 Å². The number of carboxylic acid groups (broad SMARTS) is 1. The molecule has 0 spiro atoms. The van der Waals surface area contributed by atoms with Crippen LogP contribution in [0.2, 0.25) is 0 Å². The van der Waals surface area contributed by atoms with E-state index in [9.17, 15) is 14.3 Å². The van der Waals surface area contributed by atoms with Crippen LogP contribution in [0.15, 0.2) is 42.7 Å². The van der Waals surface area contributed by atoms with Gasteiger partial charge < -0.3 is 19.5 Å². The predicted octanol–water partition coefficient (Wildman–Crippen LogP) is 3.68. The number of benzene rings is 1. The third kappa shape index (κ3) is 3.37. The third-order valence-corrected chi connectivity index (χ3v) is 5.83. The first kappa shape index (κ1) is 18.9. The van der Waals surface area contributed by atoms with Gasteiger partial charge in [-0.05, 0) is 43.2 Å². The standard InChI is InChI=1S/C22H22FN3O4/c23-14-3-4-21(30-16-6-9-29-13-16)17(10-14)19-2-1-7-25(19)15-5-8-26-20(11-15)18(12-24-26)22(27)28/h3-5,8,10-12,16,19H,1-2,6-7,9,13H2,(H,27,28)/t16?,19-/m1/s1. The molecular weight excluding hydrogens is 389 g/mol. The molecule has 0 amide bonds. The van der Waals surface area contributed by atoms with Crippen LogP contribution in [0.4, 0.5) is 10.1 Å². The van der Waals surface area contributed by atoms with Crippen LogP contribution < -0.4 is 9.64 Å². The molecule has 156 valence electrons.